The molecule has 2 saturated heterocycles. The first kappa shape index (κ1) is 21.0. The van der Waals surface area contributed by atoms with Crippen molar-refractivity contribution in [1.82, 2.24) is 9.80 Å². The molecule has 0 aromatic rings. The molecule has 0 bridgehead atoms. The molecule has 1 N–H and O–H groups in total. The SMILES string of the molecule is C[C@H]1CCC=C2C[C@H]3OC(=O)C(CN4CCN(C5CCCCC5)CC4)[C@H]3[C@H](O)[C@@]21C. The molecule has 3 aliphatic carbocycles. The number of ether oxygens (including phenoxy) is 1. The first-order valence-corrected chi connectivity index (χ1v) is 12.5. The normalized spacial score (nSPS) is 43.6. The fraction of sp³-hybridized carbons (Fsp3) is 0.880. The molecule has 2 aliphatic heterocycles. The maximum atomic E-state index is 12.9. The summed E-state index contributed by atoms with van der Waals surface area (Å²) in [5, 5.41) is 11.5. The highest BCUT2D eigenvalue weighted by Gasteiger charge is 2.59. The predicted molar refractivity (Wildman–Crippen MR) is 117 cm³/mol. The number of nitrogens with zero attached hydrogens (tertiary/aromatic N) is 2. The van der Waals surface area contributed by atoms with Gasteiger partial charge < -0.3 is 9.84 Å². The van der Waals surface area contributed by atoms with Crippen molar-refractivity contribution in [2.24, 2.45) is 23.2 Å². The first-order valence-electron chi connectivity index (χ1n) is 12.5. The average molecular weight is 417 g/mol. The molecule has 5 nitrogen and oxygen atoms in total. The highest BCUT2D eigenvalue weighted by molar-refractivity contribution is 5.76. The van der Waals surface area contributed by atoms with Gasteiger partial charge in [0.1, 0.15) is 6.10 Å². The summed E-state index contributed by atoms with van der Waals surface area (Å²) in [7, 11) is 0. The summed E-state index contributed by atoms with van der Waals surface area (Å²) in [6, 6.07) is 0.778. The molecule has 5 heteroatoms. The molecule has 0 aromatic carbocycles. The zero-order valence-electron chi connectivity index (χ0n) is 18.9. The van der Waals surface area contributed by atoms with Crippen molar-refractivity contribution >= 4 is 5.97 Å². The fourth-order valence-electron chi connectivity index (χ4n) is 7.31. The second-order valence-electron chi connectivity index (χ2n) is 10.9. The van der Waals surface area contributed by atoms with E-state index in [2.05, 4.69) is 29.7 Å². The number of hydrogen-bond donors (Lipinski definition) is 1. The highest BCUT2D eigenvalue weighted by Crippen LogP contribution is 2.56. The third-order valence-electron chi connectivity index (χ3n) is 9.52. The summed E-state index contributed by atoms with van der Waals surface area (Å²) in [5.41, 5.74) is 1.12. The van der Waals surface area contributed by atoms with Crippen LogP contribution in [0.1, 0.15) is 65.2 Å². The Labute approximate surface area is 181 Å². The molecule has 2 saturated carbocycles. The second kappa shape index (κ2) is 8.22. The Hall–Kier alpha value is -0.910. The summed E-state index contributed by atoms with van der Waals surface area (Å²) >= 11 is 0. The van der Waals surface area contributed by atoms with E-state index in [1.54, 1.807) is 0 Å². The number of aliphatic hydroxyl groups excluding tert-OH is 1. The van der Waals surface area contributed by atoms with Gasteiger partial charge in [-0.3, -0.25) is 14.6 Å². The largest absolute Gasteiger partial charge is 0.461 e. The van der Waals surface area contributed by atoms with E-state index < -0.39 is 6.10 Å². The molecule has 0 radical (unpaired) electrons. The highest BCUT2D eigenvalue weighted by atomic mass is 16.6. The third kappa shape index (κ3) is 3.45. The van der Waals surface area contributed by atoms with Crippen LogP contribution in [0.15, 0.2) is 11.6 Å². The van der Waals surface area contributed by atoms with Crippen molar-refractivity contribution in [3.05, 3.63) is 11.6 Å². The predicted octanol–water partition coefficient (Wildman–Crippen LogP) is 3.22. The maximum absolute atomic E-state index is 12.9. The fourth-order valence-corrected chi connectivity index (χ4v) is 7.31. The Kier molecular flexibility index (Phi) is 5.74. The quantitative estimate of drug-likeness (QED) is 0.566. The smallest absolute Gasteiger partial charge is 0.311 e. The Morgan fingerprint density at radius 2 is 1.87 bits per heavy atom. The van der Waals surface area contributed by atoms with Gasteiger partial charge in [0.05, 0.1) is 12.0 Å². The van der Waals surface area contributed by atoms with Crippen molar-refractivity contribution in [3.8, 4) is 0 Å². The number of piperazine rings is 1. The molecule has 30 heavy (non-hydrogen) atoms. The van der Waals surface area contributed by atoms with E-state index in [1.165, 1.54) is 37.7 Å². The summed E-state index contributed by atoms with van der Waals surface area (Å²) in [4.78, 5) is 18.0. The number of rotatable bonds is 3. The lowest BCUT2D eigenvalue weighted by Gasteiger charge is -2.52. The van der Waals surface area contributed by atoms with Crippen molar-refractivity contribution in [3.63, 3.8) is 0 Å². The van der Waals surface area contributed by atoms with Crippen LogP contribution < -0.4 is 0 Å². The van der Waals surface area contributed by atoms with Crippen molar-refractivity contribution in [2.75, 3.05) is 32.7 Å². The lowest BCUT2D eigenvalue weighted by Crippen LogP contribution is -2.56. The van der Waals surface area contributed by atoms with E-state index in [9.17, 15) is 9.90 Å². The molecule has 0 aromatic heterocycles. The Morgan fingerprint density at radius 3 is 2.60 bits per heavy atom. The van der Waals surface area contributed by atoms with E-state index in [0.29, 0.717) is 5.92 Å². The van der Waals surface area contributed by atoms with Crippen LogP contribution in [0.4, 0.5) is 0 Å². The van der Waals surface area contributed by atoms with Crippen LogP contribution >= 0.6 is 0 Å². The lowest BCUT2D eigenvalue weighted by atomic mass is 9.55. The van der Waals surface area contributed by atoms with Crippen LogP contribution in [0.25, 0.3) is 0 Å². The van der Waals surface area contributed by atoms with E-state index in [-0.39, 0.29) is 29.3 Å². The Bertz CT molecular complexity index is 680. The van der Waals surface area contributed by atoms with Crippen LogP contribution in [0.3, 0.4) is 0 Å². The lowest BCUT2D eigenvalue weighted by molar-refractivity contribution is -0.145. The van der Waals surface area contributed by atoms with E-state index in [1.807, 2.05) is 0 Å². The molecular formula is C25H40N2O3. The number of carbonyl (C=O) groups excluding carboxylic acids is 1. The molecule has 5 rings (SSSR count). The number of allylic oxidation sites excluding steroid dienone is 1. The molecule has 6 atom stereocenters. The monoisotopic (exact) mass is 416 g/mol. The second-order valence-corrected chi connectivity index (χ2v) is 10.9. The van der Waals surface area contributed by atoms with Gasteiger partial charge in [-0.2, -0.15) is 0 Å². The van der Waals surface area contributed by atoms with E-state index >= 15 is 0 Å². The van der Waals surface area contributed by atoms with Crippen molar-refractivity contribution in [2.45, 2.75) is 83.5 Å². The Balaban J connectivity index is 1.25. The molecule has 0 spiro atoms. The minimum atomic E-state index is -0.488. The zero-order chi connectivity index (χ0) is 20.9. The summed E-state index contributed by atoms with van der Waals surface area (Å²) in [6.45, 7) is 9.55. The minimum Gasteiger partial charge on any atom is -0.461 e. The van der Waals surface area contributed by atoms with Gasteiger partial charge in [0, 0.05) is 56.5 Å². The van der Waals surface area contributed by atoms with Gasteiger partial charge in [-0.05, 0) is 31.6 Å². The third-order valence-corrected chi connectivity index (χ3v) is 9.52. The molecule has 168 valence electrons. The van der Waals surface area contributed by atoms with Gasteiger partial charge in [0.25, 0.3) is 0 Å². The minimum absolute atomic E-state index is 0.0587. The van der Waals surface area contributed by atoms with Gasteiger partial charge in [-0.1, -0.05) is 44.8 Å². The van der Waals surface area contributed by atoms with E-state index in [0.717, 1.165) is 58.0 Å². The van der Waals surface area contributed by atoms with E-state index in [4.69, 9.17) is 4.74 Å². The van der Waals surface area contributed by atoms with Gasteiger partial charge >= 0.3 is 5.97 Å². The van der Waals surface area contributed by atoms with Gasteiger partial charge in [-0.25, -0.2) is 0 Å². The zero-order valence-corrected chi connectivity index (χ0v) is 18.9. The van der Waals surface area contributed by atoms with Gasteiger partial charge in [0.15, 0.2) is 0 Å². The van der Waals surface area contributed by atoms with Crippen molar-refractivity contribution < 1.29 is 14.6 Å². The molecule has 1 unspecified atom stereocenters. The van der Waals surface area contributed by atoms with Crippen LogP contribution in [-0.2, 0) is 9.53 Å². The molecule has 5 aliphatic rings. The summed E-state index contributed by atoms with van der Waals surface area (Å²) in [6.07, 6.45) is 11.6. The molecule has 0 amide bonds. The van der Waals surface area contributed by atoms with Crippen molar-refractivity contribution in [1.29, 1.82) is 0 Å². The van der Waals surface area contributed by atoms with Crippen LogP contribution in [0.5, 0.6) is 0 Å². The number of aliphatic hydroxyl groups is 1. The van der Waals surface area contributed by atoms with Gasteiger partial charge in [0.2, 0.25) is 0 Å². The maximum Gasteiger partial charge on any atom is 0.311 e. The summed E-state index contributed by atoms with van der Waals surface area (Å²) < 4.78 is 5.86. The summed E-state index contributed by atoms with van der Waals surface area (Å²) in [5.74, 6) is 0.133. The molecular weight excluding hydrogens is 376 g/mol. The van der Waals surface area contributed by atoms with Crippen LogP contribution in [0, 0.1) is 23.2 Å². The number of hydrogen-bond acceptors (Lipinski definition) is 5. The first-order chi connectivity index (χ1) is 14.5. The van der Waals surface area contributed by atoms with Gasteiger partial charge in [-0.15, -0.1) is 0 Å². The average Bonchev–Trinajstić information content (AvgIpc) is 3.07. The number of fused-ring (bicyclic) bond motifs is 2. The Morgan fingerprint density at radius 1 is 1.13 bits per heavy atom. The number of carbonyl (C=O) groups is 1. The molecule has 2 heterocycles. The van der Waals surface area contributed by atoms with Crippen LogP contribution in [0.2, 0.25) is 0 Å². The van der Waals surface area contributed by atoms with Crippen LogP contribution in [-0.4, -0.2) is 71.8 Å². The molecule has 4 fully saturated rings. The standard InChI is InChI=1S/C25H40N2O3/c1-17-7-6-8-18-15-21-22(23(28)25(17,18)2)20(24(29)30-21)16-26-11-13-27(14-12-26)19-9-4-3-5-10-19/h8,17,19-23,28H,3-7,9-16H2,1-2H3/t17-,20?,21+,22+,23-,25+/m0/s1. The number of esters is 1. The topological polar surface area (TPSA) is 53.0 Å².